The van der Waals surface area contributed by atoms with E-state index in [1.807, 2.05) is 148 Å². The number of rotatable bonds is 48. The van der Waals surface area contributed by atoms with Gasteiger partial charge in [-0.3, -0.25) is 28.8 Å². The molecule has 0 bridgehead atoms. The highest BCUT2D eigenvalue weighted by Gasteiger charge is 2.21. The minimum absolute atomic E-state index is 0.129. The van der Waals surface area contributed by atoms with Gasteiger partial charge in [0.05, 0.1) is 21.3 Å². The zero-order valence-corrected chi connectivity index (χ0v) is 61.5. The fourth-order valence-electron chi connectivity index (χ4n) is 10.8. The maximum atomic E-state index is 12.3. The SMILES string of the molecule is COc1ccc(CCc2ccccc2OCC(CN(C)C)OC(=O)CCCCCC(=O)O)cc1.COc1ccc(CCc2ccccc2OC[C@@H](CN(C)C)OC(=O)CCCCCC(=O)O)cc1.COc1ccc(CCc2ccccc2OC[C@H](CN(C)C)OC(=O)CCCCCC(=O)O)cc1. The van der Waals surface area contributed by atoms with E-state index >= 15 is 0 Å². The lowest BCUT2D eigenvalue weighted by Crippen LogP contribution is -2.35. The summed E-state index contributed by atoms with van der Waals surface area (Å²) in [5.74, 6) is 1.65. The topological polar surface area (TPSA) is 256 Å². The number of unbranched alkanes of at least 4 members (excludes halogenated alkanes) is 6. The normalized spacial score (nSPS) is 11.8. The van der Waals surface area contributed by atoms with Gasteiger partial charge >= 0.3 is 35.8 Å². The van der Waals surface area contributed by atoms with Gasteiger partial charge in [-0.15, -0.1) is 0 Å². The molecule has 0 aliphatic heterocycles. The first-order valence-corrected chi connectivity index (χ1v) is 35.3. The third kappa shape index (κ3) is 38.6. The Morgan fingerprint density at radius 2 is 0.549 bits per heavy atom. The molecule has 0 aliphatic carbocycles. The van der Waals surface area contributed by atoms with Crippen molar-refractivity contribution >= 4 is 35.8 Å². The number of nitrogens with zero attached hydrogens (tertiary/aromatic N) is 3. The van der Waals surface area contributed by atoms with Crippen LogP contribution in [0, 0.1) is 0 Å². The van der Waals surface area contributed by atoms with Crippen molar-refractivity contribution in [2.24, 2.45) is 0 Å². The lowest BCUT2D eigenvalue weighted by Gasteiger charge is -2.22. The summed E-state index contributed by atoms with van der Waals surface area (Å²) in [6.45, 7) is 2.46. The van der Waals surface area contributed by atoms with Crippen LogP contribution in [0.3, 0.4) is 0 Å². The van der Waals surface area contributed by atoms with E-state index in [4.69, 9.17) is 58.0 Å². The summed E-state index contributed by atoms with van der Waals surface area (Å²) in [4.78, 5) is 74.5. The Balaban J connectivity index is 0.000000324. The smallest absolute Gasteiger partial charge is 0.306 e. The van der Waals surface area contributed by atoms with E-state index in [-0.39, 0.29) is 76.3 Å². The van der Waals surface area contributed by atoms with Gasteiger partial charge in [0.2, 0.25) is 0 Å². The molecule has 6 aromatic carbocycles. The molecule has 1 unspecified atom stereocenters. The Kier molecular flexibility index (Phi) is 42.0. The Morgan fingerprint density at radius 1 is 0.314 bits per heavy atom. The number of benzene rings is 6. The highest BCUT2D eigenvalue weighted by molar-refractivity contribution is 5.71. The minimum Gasteiger partial charge on any atom is -0.497 e. The molecular formula is C81H111N3O18. The summed E-state index contributed by atoms with van der Waals surface area (Å²) in [7, 11) is 16.5. The first-order chi connectivity index (χ1) is 49.1. The van der Waals surface area contributed by atoms with Crippen LogP contribution in [-0.4, -0.2) is 187 Å². The number of carboxylic acid groups (broad SMARTS) is 3. The van der Waals surface area contributed by atoms with Crippen LogP contribution in [0.15, 0.2) is 146 Å². The first-order valence-electron chi connectivity index (χ1n) is 35.3. The highest BCUT2D eigenvalue weighted by Crippen LogP contribution is 2.26. The van der Waals surface area contributed by atoms with Crippen LogP contribution in [0.1, 0.15) is 130 Å². The number of ether oxygens (including phenoxy) is 9. The number of esters is 3. The number of carbonyl (C=O) groups excluding carboxylic acids is 3. The van der Waals surface area contributed by atoms with Crippen LogP contribution >= 0.6 is 0 Å². The van der Waals surface area contributed by atoms with E-state index in [9.17, 15) is 28.8 Å². The summed E-state index contributed by atoms with van der Waals surface area (Å²) in [6.07, 6.45) is 10.8. The third-order valence-electron chi connectivity index (χ3n) is 16.1. The molecule has 0 spiro atoms. The zero-order valence-electron chi connectivity index (χ0n) is 61.5. The van der Waals surface area contributed by atoms with Crippen molar-refractivity contribution < 1.29 is 86.7 Å². The fraction of sp³-hybridized carbons (Fsp3) is 0.481. The minimum atomic E-state index is -0.810. The summed E-state index contributed by atoms with van der Waals surface area (Å²) >= 11 is 0. The summed E-state index contributed by atoms with van der Waals surface area (Å²) in [5.41, 5.74) is 6.97. The average molecular weight is 1410 g/mol. The van der Waals surface area contributed by atoms with E-state index in [0.717, 1.165) is 89.7 Å². The number of carboxylic acids is 3. The second kappa shape index (κ2) is 50.2. The van der Waals surface area contributed by atoms with Crippen molar-refractivity contribution in [2.75, 3.05) is 103 Å². The molecule has 0 radical (unpaired) electrons. The van der Waals surface area contributed by atoms with Crippen molar-refractivity contribution in [1.29, 1.82) is 0 Å². The van der Waals surface area contributed by atoms with E-state index < -0.39 is 36.2 Å². The molecule has 21 nitrogen and oxygen atoms in total. The Bertz CT molecular complexity index is 2990. The molecule has 0 saturated carbocycles. The van der Waals surface area contributed by atoms with Gasteiger partial charge in [0.25, 0.3) is 0 Å². The van der Waals surface area contributed by atoms with Crippen LogP contribution in [0.4, 0.5) is 0 Å². The fourth-order valence-corrected chi connectivity index (χ4v) is 10.8. The standard InChI is InChI=1S/3C27H37NO6/c3*1-28(2)19-24(34-27(31)12-6-4-5-11-26(29)30)20-33-25-10-8-7-9-22(25)16-13-21-14-17-23(32-3)18-15-21/h3*7-10,14-15,17-18,24H,4-6,11-13,16,19-20H2,1-3H3,(H,29,30)/t2*24-;/m10./s1. The van der Waals surface area contributed by atoms with E-state index in [1.165, 1.54) is 16.7 Å². The number of aryl methyl sites for hydroxylation is 6. The average Bonchev–Trinajstić information content (AvgIpc) is 0.883. The van der Waals surface area contributed by atoms with E-state index in [0.29, 0.717) is 77.4 Å². The Hall–Kier alpha value is -9.18. The predicted molar refractivity (Wildman–Crippen MR) is 394 cm³/mol. The van der Waals surface area contributed by atoms with Gasteiger partial charge in [0, 0.05) is 58.2 Å². The Labute approximate surface area is 604 Å². The van der Waals surface area contributed by atoms with Gasteiger partial charge in [-0.2, -0.15) is 0 Å². The molecule has 0 saturated heterocycles. The Morgan fingerprint density at radius 3 is 0.775 bits per heavy atom. The molecule has 6 rings (SSSR count). The lowest BCUT2D eigenvalue weighted by molar-refractivity contribution is -0.152. The van der Waals surface area contributed by atoms with Crippen molar-refractivity contribution in [1.82, 2.24) is 14.7 Å². The van der Waals surface area contributed by atoms with Crippen molar-refractivity contribution in [3.05, 3.63) is 179 Å². The zero-order chi connectivity index (χ0) is 74.3. The number of aliphatic carboxylic acids is 3. The monoisotopic (exact) mass is 1410 g/mol. The van der Waals surface area contributed by atoms with Crippen molar-refractivity contribution in [3.8, 4) is 34.5 Å². The van der Waals surface area contributed by atoms with Gasteiger partial charge in [-0.1, -0.05) is 110 Å². The van der Waals surface area contributed by atoms with Gasteiger partial charge in [-0.05, 0) is 207 Å². The number of hydrogen-bond donors (Lipinski definition) is 3. The number of likely N-dealkylation sites (N-methyl/N-ethyl adjacent to an activating group) is 3. The number of carbonyl (C=O) groups is 6. The van der Waals surface area contributed by atoms with Gasteiger partial charge in [0.15, 0.2) is 0 Å². The summed E-state index contributed by atoms with van der Waals surface area (Å²) < 4.78 is 51.0. The second-order valence-corrected chi connectivity index (χ2v) is 25.8. The predicted octanol–water partition coefficient (Wildman–Crippen LogP) is 13.1. The van der Waals surface area contributed by atoms with E-state index in [2.05, 4.69) is 54.6 Å². The number of para-hydroxylation sites is 3. The lowest BCUT2D eigenvalue weighted by atomic mass is 10.0. The highest BCUT2D eigenvalue weighted by atomic mass is 16.6. The maximum Gasteiger partial charge on any atom is 0.306 e. The third-order valence-corrected chi connectivity index (χ3v) is 16.1. The number of hydrogen-bond acceptors (Lipinski definition) is 18. The molecule has 0 fully saturated rings. The molecule has 0 aromatic heterocycles. The molecule has 0 heterocycles. The number of methoxy groups -OCH3 is 3. The van der Waals surface area contributed by atoms with Crippen LogP contribution in [0.5, 0.6) is 34.5 Å². The van der Waals surface area contributed by atoms with Crippen molar-refractivity contribution in [2.45, 2.75) is 153 Å². The molecular weight excluding hydrogens is 1300 g/mol. The van der Waals surface area contributed by atoms with Gasteiger partial charge < -0.3 is 72.7 Å². The van der Waals surface area contributed by atoms with Gasteiger partial charge in [0.1, 0.15) is 72.6 Å². The molecule has 0 amide bonds. The van der Waals surface area contributed by atoms with Gasteiger partial charge in [-0.25, -0.2) is 0 Å². The van der Waals surface area contributed by atoms with Crippen LogP contribution < -0.4 is 28.4 Å². The van der Waals surface area contributed by atoms with E-state index in [1.54, 1.807) is 21.3 Å². The molecule has 6 aromatic rings. The molecule has 21 heteroatoms. The molecule has 102 heavy (non-hydrogen) atoms. The largest absolute Gasteiger partial charge is 0.497 e. The molecule has 3 atom stereocenters. The van der Waals surface area contributed by atoms with Crippen LogP contribution in [0.2, 0.25) is 0 Å². The maximum absolute atomic E-state index is 12.3. The van der Waals surface area contributed by atoms with Crippen LogP contribution in [-0.2, 0) is 81.5 Å². The molecule has 558 valence electrons. The van der Waals surface area contributed by atoms with Crippen molar-refractivity contribution in [3.63, 3.8) is 0 Å². The summed E-state index contributed by atoms with van der Waals surface area (Å²) in [6, 6.07) is 48.0. The van der Waals surface area contributed by atoms with Crippen LogP contribution in [0.25, 0.3) is 0 Å². The molecule has 3 N–H and O–H groups in total. The second-order valence-electron chi connectivity index (χ2n) is 25.8. The quantitative estimate of drug-likeness (QED) is 0.0182. The summed E-state index contributed by atoms with van der Waals surface area (Å²) in [5, 5.41) is 26.1. The molecule has 0 aliphatic rings. The first kappa shape index (κ1) is 85.2.